The SMILES string of the molecule is COc1ccc(Br)cc1[C@H]1C(C(=O)OC(C)C)=C(C)N=c2s/c(=C\c3cc(Br)ccc3OC(C)C)c(=O)n21. The number of aromatic nitrogens is 1. The van der Waals surface area contributed by atoms with Gasteiger partial charge >= 0.3 is 5.97 Å². The van der Waals surface area contributed by atoms with Gasteiger partial charge in [0.05, 0.1) is 35.1 Å². The molecular weight excluding hydrogens is 636 g/mol. The van der Waals surface area contributed by atoms with Crippen molar-refractivity contribution in [2.45, 2.75) is 52.9 Å². The number of benzene rings is 2. The Labute approximate surface area is 241 Å². The molecule has 0 saturated heterocycles. The summed E-state index contributed by atoms with van der Waals surface area (Å²) in [7, 11) is 1.56. The van der Waals surface area contributed by atoms with Crippen LogP contribution in [0.1, 0.15) is 51.8 Å². The molecule has 7 nitrogen and oxygen atoms in total. The number of rotatable bonds is 7. The van der Waals surface area contributed by atoms with Gasteiger partial charge in [-0.15, -0.1) is 0 Å². The second-order valence-electron chi connectivity index (χ2n) is 9.27. The zero-order valence-corrected chi connectivity index (χ0v) is 25.9. The molecule has 0 amide bonds. The third-order valence-electron chi connectivity index (χ3n) is 5.69. The second-order valence-corrected chi connectivity index (χ2v) is 12.1. The number of fused-ring (bicyclic) bond motifs is 1. The van der Waals surface area contributed by atoms with E-state index in [1.165, 1.54) is 11.3 Å². The zero-order valence-electron chi connectivity index (χ0n) is 21.9. The second kappa shape index (κ2) is 11.6. The van der Waals surface area contributed by atoms with Crippen molar-refractivity contribution in [3.8, 4) is 11.5 Å². The number of nitrogens with zero attached hydrogens (tertiary/aromatic N) is 2. The van der Waals surface area contributed by atoms with Gasteiger partial charge in [-0.25, -0.2) is 9.79 Å². The largest absolute Gasteiger partial charge is 0.496 e. The normalized spacial score (nSPS) is 15.5. The van der Waals surface area contributed by atoms with Crippen LogP contribution in [-0.4, -0.2) is 29.9 Å². The maximum Gasteiger partial charge on any atom is 0.338 e. The van der Waals surface area contributed by atoms with E-state index < -0.39 is 12.0 Å². The van der Waals surface area contributed by atoms with E-state index in [1.54, 1.807) is 44.6 Å². The smallest absolute Gasteiger partial charge is 0.338 e. The predicted octanol–water partition coefficient (Wildman–Crippen LogP) is 5.51. The summed E-state index contributed by atoms with van der Waals surface area (Å²) in [6.45, 7) is 9.23. The zero-order chi connectivity index (χ0) is 27.7. The van der Waals surface area contributed by atoms with E-state index in [1.807, 2.05) is 44.2 Å². The number of methoxy groups -OCH3 is 1. The predicted molar refractivity (Wildman–Crippen MR) is 156 cm³/mol. The molecule has 0 spiro atoms. The molecular formula is C28H28Br2N2O5S. The first-order valence-corrected chi connectivity index (χ1v) is 14.4. The van der Waals surface area contributed by atoms with Gasteiger partial charge < -0.3 is 14.2 Å². The van der Waals surface area contributed by atoms with E-state index in [0.29, 0.717) is 37.7 Å². The van der Waals surface area contributed by atoms with Gasteiger partial charge in [0.15, 0.2) is 4.80 Å². The fourth-order valence-corrected chi connectivity index (χ4v) is 6.00. The molecule has 0 bridgehead atoms. The first-order chi connectivity index (χ1) is 18.0. The lowest BCUT2D eigenvalue weighted by Crippen LogP contribution is -2.40. The lowest BCUT2D eigenvalue weighted by molar-refractivity contribution is -0.143. The highest BCUT2D eigenvalue weighted by molar-refractivity contribution is 9.10. The van der Waals surface area contributed by atoms with E-state index in [9.17, 15) is 9.59 Å². The van der Waals surface area contributed by atoms with Crippen LogP contribution in [0.5, 0.6) is 11.5 Å². The van der Waals surface area contributed by atoms with Crippen LogP contribution in [0, 0.1) is 0 Å². The van der Waals surface area contributed by atoms with Gasteiger partial charge in [-0.1, -0.05) is 43.2 Å². The summed E-state index contributed by atoms with van der Waals surface area (Å²) in [4.78, 5) is 32.5. The van der Waals surface area contributed by atoms with Crippen LogP contribution < -0.4 is 24.4 Å². The average Bonchev–Trinajstić information content (AvgIpc) is 3.13. The molecule has 200 valence electrons. The summed E-state index contributed by atoms with van der Waals surface area (Å²) < 4.78 is 20.9. The molecule has 1 aliphatic rings. The summed E-state index contributed by atoms with van der Waals surface area (Å²) >= 11 is 8.30. The van der Waals surface area contributed by atoms with Crippen LogP contribution in [-0.2, 0) is 9.53 Å². The van der Waals surface area contributed by atoms with Gasteiger partial charge in [0.2, 0.25) is 0 Å². The molecule has 3 aromatic rings. The van der Waals surface area contributed by atoms with E-state index in [0.717, 1.165) is 14.5 Å². The highest BCUT2D eigenvalue weighted by Gasteiger charge is 2.35. The molecule has 2 heterocycles. The number of allylic oxidation sites excluding steroid dienone is 1. The number of hydrogen-bond acceptors (Lipinski definition) is 7. The summed E-state index contributed by atoms with van der Waals surface area (Å²) in [5.74, 6) is 0.677. The third-order valence-corrected chi connectivity index (χ3v) is 7.66. The molecule has 4 rings (SSSR count). The Kier molecular flexibility index (Phi) is 8.64. The molecule has 1 aliphatic heterocycles. The van der Waals surface area contributed by atoms with Crippen LogP contribution in [0.15, 0.2) is 66.4 Å². The maximum atomic E-state index is 14.0. The minimum atomic E-state index is -0.791. The quantitative estimate of drug-likeness (QED) is 0.312. The molecule has 0 N–H and O–H groups in total. The first kappa shape index (κ1) is 28.3. The number of hydrogen-bond donors (Lipinski definition) is 0. The van der Waals surface area contributed by atoms with Gasteiger partial charge in [-0.3, -0.25) is 9.36 Å². The van der Waals surface area contributed by atoms with E-state index in [-0.39, 0.29) is 17.8 Å². The fraction of sp³-hybridized carbons (Fsp3) is 0.321. The molecule has 1 atom stereocenters. The minimum absolute atomic E-state index is 0.0364. The number of halogens is 2. The van der Waals surface area contributed by atoms with Crippen LogP contribution in [0.3, 0.4) is 0 Å². The van der Waals surface area contributed by atoms with Crippen LogP contribution in [0.25, 0.3) is 6.08 Å². The third kappa shape index (κ3) is 5.82. The Bertz CT molecular complexity index is 1600. The van der Waals surface area contributed by atoms with Crippen LogP contribution in [0.2, 0.25) is 0 Å². The highest BCUT2D eigenvalue weighted by atomic mass is 79.9. The van der Waals surface area contributed by atoms with Crippen LogP contribution >= 0.6 is 43.2 Å². The fourth-order valence-electron chi connectivity index (χ4n) is 4.21. The van der Waals surface area contributed by atoms with Gasteiger partial charge in [-0.05, 0) is 77.1 Å². The molecule has 0 saturated carbocycles. The van der Waals surface area contributed by atoms with Crippen molar-refractivity contribution in [3.05, 3.63) is 87.4 Å². The molecule has 38 heavy (non-hydrogen) atoms. The van der Waals surface area contributed by atoms with Gasteiger partial charge in [0.1, 0.15) is 17.5 Å². The number of ether oxygens (including phenoxy) is 3. The molecule has 0 unspecified atom stereocenters. The number of carbonyl (C=O) groups excluding carboxylic acids is 1. The van der Waals surface area contributed by atoms with Crippen molar-refractivity contribution < 1.29 is 19.0 Å². The van der Waals surface area contributed by atoms with Crippen molar-refractivity contribution in [1.82, 2.24) is 4.57 Å². The summed E-state index contributed by atoms with van der Waals surface area (Å²) in [5.41, 5.74) is 1.90. The Hall–Kier alpha value is -2.69. The number of carbonyl (C=O) groups is 1. The standard InChI is InChI=1S/C28H28Br2N2O5S/c1-14(2)36-21-9-7-18(29)11-17(21)12-23-26(33)32-25(20-13-19(30)8-10-22(20)35-6)24(27(34)37-15(3)4)16(5)31-28(32)38-23/h7-15,25H,1-6H3/b23-12-/t25-/m0/s1. The Morgan fingerprint density at radius 2 is 1.71 bits per heavy atom. The van der Waals surface area contributed by atoms with Gasteiger partial charge in [0, 0.05) is 20.1 Å². The average molecular weight is 664 g/mol. The van der Waals surface area contributed by atoms with E-state index in [2.05, 4.69) is 36.9 Å². The minimum Gasteiger partial charge on any atom is -0.496 e. The van der Waals surface area contributed by atoms with Crippen molar-refractivity contribution in [3.63, 3.8) is 0 Å². The number of thiazole rings is 1. The summed E-state index contributed by atoms with van der Waals surface area (Å²) in [6.07, 6.45) is 1.42. The molecule has 10 heteroatoms. The summed E-state index contributed by atoms with van der Waals surface area (Å²) in [6, 6.07) is 10.4. The van der Waals surface area contributed by atoms with Crippen LogP contribution in [0.4, 0.5) is 0 Å². The van der Waals surface area contributed by atoms with Crippen molar-refractivity contribution in [2.75, 3.05) is 7.11 Å². The molecule has 0 radical (unpaired) electrons. The Balaban J connectivity index is 2.00. The topological polar surface area (TPSA) is 79.1 Å². The van der Waals surface area contributed by atoms with Gasteiger partial charge in [0.25, 0.3) is 5.56 Å². The molecule has 2 aromatic carbocycles. The maximum absolute atomic E-state index is 14.0. The molecule has 0 fully saturated rings. The van der Waals surface area contributed by atoms with E-state index >= 15 is 0 Å². The molecule has 1 aromatic heterocycles. The lowest BCUT2D eigenvalue weighted by Gasteiger charge is -2.26. The summed E-state index contributed by atoms with van der Waals surface area (Å²) in [5, 5.41) is 0. The Morgan fingerprint density at radius 1 is 1.05 bits per heavy atom. The first-order valence-electron chi connectivity index (χ1n) is 12.0. The van der Waals surface area contributed by atoms with Crippen molar-refractivity contribution in [1.29, 1.82) is 0 Å². The van der Waals surface area contributed by atoms with E-state index in [4.69, 9.17) is 14.2 Å². The van der Waals surface area contributed by atoms with Crippen molar-refractivity contribution >= 4 is 55.2 Å². The Morgan fingerprint density at radius 3 is 2.34 bits per heavy atom. The lowest BCUT2D eigenvalue weighted by atomic mass is 9.95. The monoisotopic (exact) mass is 662 g/mol. The van der Waals surface area contributed by atoms with Gasteiger partial charge in [-0.2, -0.15) is 0 Å². The molecule has 0 aliphatic carbocycles. The highest BCUT2D eigenvalue weighted by Crippen LogP contribution is 2.37. The van der Waals surface area contributed by atoms with Crippen molar-refractivity contribution in [2.24, 2.45) is 4.99 Å². The number of esters is 1.